The molecule has 1 atom stereocenters. The van der Waals surface area contributed by atoms with E-state index < -0.39 is 0 Å². The molecule has 2 fully saturated rings. The lowest BCUT2D eigenvalue weighted by molar-refractivity contribution is 0.385. The predicted molar refractivity (Wildman–Crippen MR) is 37.4 cm³/mol. The number of hydrogen-bond donors (Lipinski definition) is 2. The van der Waals surface area contributed by atoms with Gasteiger partial charge in [0.25, 0.3) is 0 Å². The standard InChI is InChI=1S/C7H14N2/c1-2-6(1)7-5-8-3-4-9-7/h6-9H,1-5H2. The quantitative estimate of drug-likeness (QED) is 0.515. The molecule has 52 valence electrons. The van der Waals surface area contributed by atoms with Crippen molar-refractivity contribution >= 4 is 0 Å². The van der Waals surface area contributed by atoms with Crippen LogP contribution >= 0.6 is 0 Å². The molecule has 1 saturated heterocycles. The molecule has 0 aromatic heterocycles. The summed E-state index contributed by atoms with van der Waals surface area (Å²) in [6.07, 6.45) is 2.92. The maximum absolute atomic E-state index is 3.52. The third-order valence-corrected chi connectivity index (χ3v) is 2.26. The Kier molecular flexibility index (Phi) is 1.44. The van der Waals surface area contributed by atoms with Crippen LogP contribution in [0.2, 0.25) is 0 Å². The van der Waals surface area contributed by atoms with Crippen LogP contribution < -0.4 is 10.6 Å². The molecule has 9 heavy (non-hydrogen) atoms. The molecule has 2 rings (SSSR count). The Morgan fingerprint density at radius 1 is 1.11 bits per heavy atom. The number of rotatable bonds is 1. The van der Waals surface area contributed by atoms with E-state index in [1.807, 2.05) is 0 Å². The van der Waals surface area contributed by atoms with E-state index >= 15 is 0 Å². The van der Waals surface area contributed by atoms with Crippen LogP contribution in [0.25, 0.3) is 0 Å². The minimum atomic E-state index is 0.804. The first-order valence-corrected chi connectivity index (χ1v) is 3.91. The normalized spacial score (nSPS) is 36.7. The van der Waals surface area contributed by atoms with E-state index in [2.05, 4.69) is 10.6 Å². The Morgan fingerprint density at radius 2 is 2.00 bits per heavy atom. The molecular formula is C7H14N2. The second kappa shape index (κ2) is 2.27. The molecule has 0 aromatic carbocycles. The molecule has 1 aliphatic heterocycles. The molecule has 0 bridgehead atoms. The van der Waals surface area contributed by atoms with Crippen molar-refractivity contribution in [3.05, 3.63) is 0 Å². The van der Waals surface area contributed by atoms with Gasteiger partial charge in [-0.05, 0) is 18.8 Å². The Hall–Kier alpha value is -0.0800. The molecular weight excluding hydrogens is 112 g/mol. The lowest BCUT2D eigenvalue weighted by Gasteiger charge is -2.23. The van der Waals surface area contributed by atoms with Crippen LogP contribution in [0.5, 0.6) is 0 Å². The van der Waals surface area contributed by atoms with Crippen LogP contribution in [-0.4, -0.2) is 25.7 Å². The lowest BCUT2D eigenvalue weighted by atomic mass is 10.1. The zero-order valence-electron chi connectivity index (χ0n) is 5.69. The molecule has 2 nitrogen and oxygen atoms in total. The van der Waals surface area contributed by atoms with Crippen LogP contribution in [0.1, 0.15) is 12.8 Å². The SMILES string of the molecule is C1CNC(C2CC2)CN1. The van der Waals surface area contributed by atoms with Gasteiger partial charge < -0.3 is 10.6 Å². The smallest absolute Gasteiger partial charge is 0.0221 e. The Bertz CT molecular complexity index is 93.1. The first kappa shape index (κ1) is 5.69. The Morgan fingerprint density at radius 3 is 2.56 bits per heavy atom. The van der Waals surface area contributed by atoms with Gasteiger partial charge in [0.1, 0.15) is 0 Å². The van der Waals surface area contributed by atoms with Crippen molar-refractivity contribution < 1.29 is 0 Å². The van der Waals surface area contributed by atoms with Gasteiger partial charge in [0.15, 0.2) is 0 Å². The molecule has 2 heteroatoms. The van der Waals surface area contributed by atoms with Gasteiger partial charge in [0, 0.05) is 25.7 Å². The molecule has 0 spiro atoms. The molecule has 1 aliphatic carbocycles. The average Bonchev–Trinajstić information content (AvgIpc) is 2.71. The fourth-order valence-electron chi connectivity index (χ4n) is 1.51. The second-order valence-corrected chi connectivity index (χ2v) is 3.10. The summed E-state index contributed by atoms with van der Waals surface area (Å²) >= 11 is 0. The van der Waals surface area contributed by atoms with Gasteiger partial charge in [-0.2, -0.15) is 0 Å². The van der Waals surface area contributed by atoms with Crippen molar-refractivity contribution in [2.24, 2.45) is 5.92 Å². The highest BCUT2D eigenvalue weighted by Crippen LogP contribution is 2.32. The fraction of sp³-hybridized carbons (Fsp3) is 1.00. The zero-order valence-corrected chi connectivity index (χ0v) is 5.69. The average molecular weight is 126 g/mol. The van der Waals surface area contributed by atoms with Gasteiger partial charge in [-0.3, -0.25) is 0 Å². The van der Waals surface area contributed by atoms with Crippen LogP contribution in [0.15, 0.2) is 0 Å². The molecule has 2 N–H and O–H groups in total. The van der Waals surface area contributed by atoms with Gasteiger partial charge in [0.2, 0.25) is 0 Å². The van der Waals surface area contributed by atoms with Crippen molar-refractivity contribution in [3.8, 4) is 0 Å². The predicted octanol–water partition coefficient (Wildman–Crippen LogP) is -0.0422. The van der Waals surface area contributed by atoms with E-state index in [-0.39, 0.29) is 0 Å². The van der Waals surface area contributed by atoms with E-state index in [1.54, 1.807) is 0 Å². The van der Waals surface area contributed by atoms with Gasteiger partial charge in [-0.1, -0.05) is 0 Å². The first-order valence-electron chi connectivity index (χ1n) is 3.91. The lowest BCUT2D eigenvalue weighted by Crippen LogP contribution is -2.49. The van der Waals surface area contributed by atoms with Crippen LogP contribution in [0.4, 0.5) is 0 Å². The summed E-state index contributed by atoms with van der Waals surface area (Å²) in [6.45, 7) is 3.52. The van der Waals surface area contributed by atoms with Crippen molar-refractivity contribution in [1.82, 2.24) is 10.6 Å². The number of hydrogen-bond acceptors (Lipinski definition) is 2. The van der Waals surface area contributed by atoms with Crippen LogP contribution in [0, 0.1) is 5.92 Å². The third kappa shape index (κ3) is 1.25. The molecule has 0 radical (unpaired) electrons. The van der Waals surface area contributed by atoms with E-state index in [9.17, 15) is 0 Å². The first-order chi connectivity index (χ1) is 4.47. The molecule has 0 amide bonds. The van der Waals surface area contributed by atoms with E-state index in [0.717, 1.165) is 18.5 Å². The monoisotopic (exact) mass is 126 g/mol. The summed E-state index contributed by atoms with van der Waals surface area (Å²) in [4.78, 5) is 0. The highest BCUT2D eigenvalue weighted by atomic mass is 15.1. The maximum Gasteiger partial charge on any atom is 0.0221 e. The van der Waals surface area contributed by atoms with Gasteiger partial charge in [0.05, 0.1) is 0 Å². The van der Waals surface area contributed by atoms with Gasteiger partial charge in [-0.25, -0.2) is 0 Å². The number of piperazine rings is 1. The zero-order chi connectivity index (χ0) is 6.10. The van der Waals surface area contributed by atoms with Crippen molar-refractivity contribution in [1.29, 1.82) is 0 Å². The van der Waals surface area contributed by atoms with Crippen LogP contribution in [-0.2, 0) is 0 Å². The van der Waals surface area contributed by atoms with Crippen molar-refractivity contribution in [2.45, 2.75) is 18.9 Å². The minimum Gasteiger partial charge on any atom is -0.314 e. The summed E-state index contributed by atoms with van der Waals surface area (Å²) in [5.41, 5.74) is 0. The topological polar surface area (TPSA) is 24.1 Å². The summed E-state index contributed by atoms with van der Waals surface area (Å²) < 4.78 is 0. The van der Waals surface area contributed by atoms with E-state index in [0.29, 0.717) is 0 Å². The van der Waals surface area contributed by atoms with E-state index in [4.69, 9.17) is 0 Å². The highest BCUT2D eigenvalue weighted by molar-refractivity contribution is 4.89. The molecule has 2 aliphatic rings. The molecule has 1 saturated carbocycles. The van der Waals surface area contributed by atoms with E-state index in [1.165, 1.54) is 25.9 Å². The molecule has 1 unspecified atom stereocenters. The molecule has 0 aromatic rings. The fourth-order valence-corrected chi connectivity index (χ4v) is 1.51. The Balaban J connectivity index is 1.80. The van der Waals surface area contributed by atoms with Crippen molar-refractivity contribution in [3.63, 3.8) is 0 Å². The van der Waals surface area contributed by atoms with Crippen molar-refractivity contribution in [2.75, 3.05) is 19.6 Å². The molecule has 1 heterocycles. The Labute approximate surface area is 56.0 Å². The largest absolute Gasteiger partial charge is 0.314 e. The minimum absolute atomic E-state index is 0.804. The van der Waals surface area contributed by atoms with Crippen LogP contribution in [0.3, 0.4) is 0 Å². The van der Waals surface area contributed by atoms with Gasteiger partial charge in [-0.15, -0.1) is 0 Å². The summed E-state index contributed by atoms with van der Waals surface area (Å²) in [7, 11) is 0. The maximum atomic E-state index is 3.52. The second-order valence-electron chi connectivity index (χ2n) is 3.10. The summed E-state index contributed by atoms with van der Waals surface area (Å²) in [5, 5.41) is 6.91. The van der Waals surface area contributed by atoms with Gasteiger partial charge >= 0.3 is 0 Å². The summed E-state index contributed by atoms with van der Waals surface area (Å²) in [5.74, 6) is 1.01. The third-order valence-electron chi connectivity index (χ3n) is 2.26. The number of nitrogens with one attached hydrogen (secondary N) is 2. The highest BCUT2D eigenvalue weighted by Gasteiger charge is 2.31. The summed E-state index contributed by atoms with van der Waals surface area (Å²) in [6, 6.07) is 0.804.